The highest BCUT2D eigenvalue weighted by Crippen LogP contribution is 2.31. The summed E-state index contributed by atoms with van der Waals surface area (Å²) in [6.45, 7) is 0. The molecule has 1 N–H and O–H groups in total. The molecule has 24 heavy (non-hydrogen) atoms. The van der Waals surface area contributed by atoms with Gasteiger partial charge in [-0.25, -0.2) is 13.4 Å². The van der Waals surface area contributed by atoms with E-state index in [0.717, 1.165) is 18.3 Å². The van der Waals surface area contributed by atoms with Gasteiger partial charge >= 0.3 is 5.51 Å². The monoisotopic (exact) mass is 354 g/mol. The lowest BCUT2D eigenvalue weighted by atomic mass is 10.2. The maximum absolute atomic E-state index is 12.7. The lowest BCUT2D eigenvalue weighted by molar-refractivity contribution is -0.0438. The number of pyridine rings is 1. The number of halogens is 3. The number of nitrogens with zero attached hydrogens (tertiary/aromatic N) is 1. The van der Waals surface area contributed by atoms with Crippen LogP contribution in [0.15, 0.2) is 47.6 Å². The number of anilines is 1. The van der Waals surface area contributed by atoms with Crippen LogP contribution in [0.1, 0.15) is 15.9 Å². The van der Waals surface area contributed by atoms with Crippen LogP contribution in [0.2, 0.25) is 0 Å². The summed E-state index contributed by atoms with van der Waals surface area (Å²) < 4.78 is 61.2. The first-order valence-electron chi connectivity index (χ1n) is 6.31. The zero-order valence-corrected chi connectivity index (χ0v) is 12.6. The lowest BCUT2D eigenvalue weighted by Crippen LogP contribution is -2.27. The maximum Gasteiger partial charge on any atom is 0.503 e. The van der Waals surface area contributed by atoms with Crippen molar-refractivity contribution in [3.05, 3.63) is 53.7 Å². The molecule has 0 bridgehead atoms. The van der Waals surface area contributed by atoms with Crippen LogP contribution in [0.5, 0.6) is 0 Å². The van der Waals surface area contributed by atoms with Crippen molar-refractivity contribution in [2.75, 3.05) is 5.32 Å². The van der Waals surface area contributed by atoms with Crippen molar-refractivity contribution in [2.24, 2.45) is 0 Å². The molecule has 0 unspecified atom stereocenters. The fourth-order valence-corrected chi connectivity index (χ4v) is 2.64. The van der Waals surface area contributed by atoms with Crippen LogP contribution in [-0.4, -0.2) is 24.8 Å². The van der Waals surface area contributed by atoms with Crippen molar-refractivity contribution >= 4 is 21.4 Å². The van der Waals surface area contributed by atoms with Gasteiger partial charge in [0.2, 0.25) is 0 Å². The van der Waals surface area contributed by atoms with Gasteiger partial charge in [0.25, 0.3) is 15.7 Å². The molecule has 0 fully saturated rings. The number of benzene rings is 1. The first-order chi connectivity index (χ1) is 11.2. The van der Waals surface area contributed by atoms with E-state index in [1.807, 2.05) is 0 Å². The number of rotatable bonds is 3. The smallest absolute Gasteiger partial charge is 0.322 e. The summed E-state index contributed by atoms with van der Waals surface area (Å²) >= 11 is 0. The minimum Gasteiger partial charge on any atom is -0.322 e. The highest BCUT2D eigenvalue weighted by molar-refractivity contribution is 7.92. The number of sulfone groups is 1. The van der Waals surface area contributed by atoms with Crippen LogP contribution in [-0.2, 0) is 9.84 Å². The molecule has 124 valence electrons. The van der Waals surface area contributed by atoms with Crippen molar-refractivity contribution in [2.45, 2.75) is 10.5 Å². The predicted octanol–water partition coefficient (Wildman–Crippen LogP) is 2.61. The Morgan fingerprint density at radius 3 is 2.54 bits per heavy atom. The zero-order valence-electron chi connectivity index (χ0n) is 11.8. The summed E-state index contributed by atoms with van der Waals surface area (Å²) in [5, 5.41) is 0.932. The van der Waals surface area contributed by atoms with Gasteiger partial charge in [-0.2, -0.15) is 13.2 Å². The number of alkyl halides is 3. The van der Waals surface area contributed by atoms with Crippen LogP contribution in [0.3, 0.4) is 0 Å². The molecule has 1 aromatic carbocycles. The van der Waals surface area contributed by atoms with Gasteiger partial charge in [0.1, 0.15) is 0 Å². The molecule has 2 aromatic rings. The molecule has 0 aliphatic heterocycles. The number of hydrogen-bond donors (Lipinski definition) is 1. The molecule has 0 atom stereocenters. The second kappa shape index (κ2) is 6.33. The number of terminal acetylenes is 1. The van der Waals surface area contributed by atoms with Crippen LogP contribution in [0.4, 0.5) is 18.9 Å². The average molecular weight is 354 g/mol. The highest BCUT2D eigenvalue weighted by atomic mass is 32.2. The Bertz CT molecular complexity index is 931. The predicted molar refractivity (Wildman–Crippen MR) is 79.8 cm³/mol. The molecular weight excluding hydrogens is 345 g/mol. The number of hydrogen-bond acceptors (Lipinski definition) is 4. The number of carbonyl (C=O) groups is 1. The fraction of sp³-hybridized carbons (Fsp3) is 0.0667. The molecule has 2 rings (SSSR count). The van der Waals surface area contributed by atoms with E-state index in [1.165, 1.54) is 18.2 Å². The van der Waals surface area contributed by atoms with Crippen molar-refractivity contribution in [3.63, 3.8) is 0 Å². The summed E-state index contributed by atoms with van der Waals surface area (Å²) in [7, 11) is -5.76. The van der Waals surface area contributed by atoms with Gasteiger partial charge in [-0.3, -0.25) is 4.79 Å². The lowest BCUT2D eigenvalue weighted by Gasteiger charge is -2.11. The Morgan fingerprint density at radius 2 is 1.92 bits per heavy atom. The van der Waals surface area contributed by atoms with Crippen LogP contribution >= 0.6 is 0 Å². The van der Waals surface area contributed by atoms with Crippen molar-refractivity contribution in [3.8, 4) is 12.3 Å². The quantitative estimate of drug-likeness (QED) is 0.860. The van der Waals surface area contributed by atoms with E-state index in [-0.39, 0.29) is 5.69 Å². The van der Waals surface area contributed by atoms with Crippen molar-refractivity contribution < 1.29 is 26.4 Å². The summed E-state index contributed by atoms with van der Waals surface area (Å²) in [5.41, 5.74) is -5.66. The second-order valence-corrected chi connectivity index (χ2v) is 6.34. The van der Waals surface area contributed by atoms with E-state index in [9.17, 15) is 26.4 Å². The van der Waals surface area contributed by atoms with Gasteiger partial charge in [0, 0.05) is 17.4 Å². The minimum atomic E-state index is -5.76. The molecular formula is C15H9F3N2O3S. The number of carbonyl (C=O) groups excluding carboxylic acids is 1. The highest BCUT2D eigenvalue weighted by Gasteiger charge is 2.49. The number of amides is 1. The zero-order chi connectivity index (χ0) is 18.0. The summed E-state index contributed by atoms with van der Waals surface area (Å²) in [4.78, 5) is 15.4. The number of aromatic nitrogens is 1. The minimum absolute atomic E-state index is 0.203. The molecule has 0 saturated carbocycles. The van der Waals surface area contributed by atoms with Crippen molar-refractivity contribution in [1.29, 1.82) is 0 Å². The molecule has 9 heteroatoms. The fourth-order valence-electron chi connectivity index (χ4n) is 1.77. The van der Waals surface area contributed by atoms with E-state index >= 15 is 0 Å². The normalized spacial score (nSPS) is 11.6. The van der Waals surface area contributed by atoms with E-state index in [0.29, 0.717) is 5.56 Å². The van der Waals surface area contributed by atoms with E-state index < -0.39 is 31.8 Å². The Kier molecular flexibility index (Phi) is 4.61. The molecule has 0 aliphatic carbocycles. The Labute approximate surface area is 135 Å². The largest absolute Gasteiger partial charge is 0.503 e. The molecule has 0 saturated heterocycles. The standard InChI is InChI=1S/C15H9F3N2O3S/c1-2-10-5-3-6-11(9-10)20-13(21)12-7-4-8-19-14(12)24(22,23)15(16,17)18/h1,3-9H,(H,20,21). The molecule has 1 heterocycles. The Hall–Kier alpha value is -2.86. The first kappa shape index (κ1) is 17.5. The summed E-state index contributed by atoms with van der Waals surface area (Å²) in [5.74, 6) is 1.27. The Morgan fingerprint density at radius 1 is 1.21 bits per heavy atom. The molecule has 0 radical (unpaired) electrons. The molecule has 5 nitrogen and oxygen atoms in total. The van der Waals surface area contributed by atoms with Gasteiger partial charge in [0.15, 0.2) is 5.03 Å². The van der Waals surface area contributed by atoms with E-state index in [2.05, 4.69) is 16.2 Å². The van der Waals surface area contributed by atoms with Gasteiger partial charge in [-0.05, 0) is 30.3 Å². The Balaban J connectivity index is 2.43. The van der Waals surface area contributed by atoms with Crippen LogP contribution in [0.25, 0.3) is 0 Å². The third-order valence-electron chi connectivity index (χ3n) is 2.86. The summed E-state index contributed by atoms with van der Waals surface area (Å²) in [6.07, 6.45) is 6.07. The maximum atomic E-state index is 12.7. The van der Waals surface area contributed by atoms with E-state index in [4.69, 9.17) is 6.42 Å². The molecule has 0 spiro atoms. The molecule has 0 aliphatic rings. The molecule has 1 aromatic heterocycles. The van der Waals surface area contributed by atoms with Gasteiger partial charge in [-0.15, -0.1) is 6.42 Å². The molecule has 1 amide bonds. The third kappa shape index (κ3) is 3.38. The van der Waals surface area contributed by atoms with Crippen molar-refractivity contribution in [1.82, 2.24) is 4.98 Å². The van der Waals surface area contributed by atoms with Gasteiger partial charge in [0.05, 0.1) is 5.56 Å². The topological polar surface area (TPSA) is 76.1 Å². The van der Waals surface area contributed by atoms with Gasteiger partial charge < -0.3 is 5.32 Å². The second-order valence-electron chi connectivity index (χ2n) is 4.48. The number of nitrogens with one attached hydrogen (secondary N) is 1. The summed E-state index contributed by atoms with van der Waals surface area (Å²) in [6, 6.07) is 8.06. The van der Waals surface area contributed by atoms with E-state index in [1.54, 1.807) is 6.07 Å². The van der Waals surface area contributed by atoms with Crippen LogP contribution in [0, 0.1) is 12.3 Å². The third-order valence-corrected chi connectivity index (χ3v) is 4.31. The van der Waals surface area contributed by atoms with Gasteiger partial charge in [-0.1, -0.05) is 12.0 Å². The average Bonchev–Trinajstić information content (AvgIpc) is 2.54. The SMILES string of the molecule is C#Cc1cccc(NC(=O)c2cccnc2S(=O)(=O)C(F)(F)F)c1. The van der Waals surface area contributed by atoms with Crippen LogP contribution < -0.4 is 5.32 Å². The first-order valence-corrected chi connectivity index (χ1v) is 7.79.